The lowest BCUT2D eigenvalue weighted by molar-refractivity contribution is 0.483. The molecule has 0 aliphatic rings. The van der Waals surface area contributed by atoms with Gasteiger partial charge in [0.1, 0.15) is 0 Å². The van der Waals surface area contributed by atoms with Gasteiger partial charge >= 0.3 is 0 Å². The fourth-order valence-electron chi connectivity index (χ4n) is 1.59. The van der Waals surface area contributed by atoms with E-state index in [-0.39, 0.29) is 15.5 Å². The van der Waals surface area contributed by atoms with Crippen molar-refractivity contribution in [3.8, 4) is 0 Å². The minimum atomic E-state index is -4.31. The lowest BCUT2D eigenvalue weighted by atomic mass is 10.3. The molecule has 2 rings (SSSR count). The van der Waals surface area contributed by atoms with E-state index in [0.717, 1.165) is 12.1 Å². The van der Waals surface area contributed by atoms with Crippen molar-refractivity contribution in [2.45, 2.75) is 9.79 Å². The number of benzene rings is 2. The normalized spacial score (nSPS) is 12.0. The Morgan fingerprint density at radius 2 is 1.52 bits per heavy atom. The van der Waals surface area contributed by atoms with Gasteiger partial charge in [-0.25, -0.2) is 8.42 Å². The minimum Gasteiger partial charge on any atom is -0.399 e. The average Bonchev–Trinajstić information content (AvgIpc) is 2.38. The SMILES string of the molecule is Nc1cccc(S(=O)(=O)Nc2ccc(S(=O)(=O)O)cc2)c1. The molecule has 2 aromatic carbocycles. The van der Waals surface area contributed by atoms with E-state index < -0.39 is 20.1 Å². The number of hydrogen-bond donors (Lipinski definition) is 3. The zero-order valence-electron chi connectivity index (χ0n) is 10.6. The van der Waals surface area contributed by atoms with Gasteiger partial charge in [-0.1, -0.05) is 6.07 Å². The highest BCUT2D eigenvalue weighted by Crippen LogP contribution is 2.19. The molecule has 0 amide bonds. The molecule has 0 aliphatic heterocycles. The monoisotopic (exact) mass is 328 g/mol. The third-order valence-corrected chi connectivity index (χ3v) is 4.82. The van der Waals surface area contributed by atoms with Crippen LogP contribution < -0.4 is 10.5 Å². The Hall–Kier alpha value is -2.10. The van der Waals surface area contributed by atoms with Crippen molar-refractivity contribution in [2.24, 2.45) is 0 Å². The van der Waals surface area contributed by atoms with E-state index in [9.17, 15) is 16.8 Å². The molecule has 0 atom stereocenters. The molecule has 0 saturated heterocycles. The van der Waals surface area contributed by atoms with Gasteiger partial charge in [0, 0.05) is 11.4 Å². The van der Waals surface area contributed by atoms with Gasteiger partial charge in [-0.2, -0.15) is 8.42 Å². The molecular weight excluding hydrogens is 316 g/mol. The second-order valence-corrected chi connectivity index (χ2v) is 7.28. The molecule has 0 unspecified atom stereocenters. The van der Waals surface area contributed by atoms with Crippen molar-refractivity contribution in [1.29, 1.82) is 0 Å². The number of hydrogen-bond acceptors (Lipinski definition) is 5. The third-order valence-electron chi connectivity index (χ3n) is 2.57. The summed E-state index contributed by atoms with van der Waals surface area (Å²) in [7, 11) is -8.14. The zero-order chi connectivity index (χ0) is 15.7. The van der Waals surface area contributed by atoms with E-state index in [1.165, 1.54) is 30.3 Å². The van der Waals surface area contributed by atoms with E-state index in [1.54, 1.807) is 6.07 Å². The summed E-state index contributed by atoms with van der Waals surface area (Å²) in [5.41, 5.74) is 5.99. The van der Waals surface area contributed by atoms with Gasteiger partial charge in [0.25, 0.3) is 20.1 Å². The Morgan fingerprint density at radius 3 is 2.05 bits per heavy atom. The number of nitrogen functional groups attached to an aromatic ring is 1. The van der Waals surface area contributed by atoms with Crippen LogP contribution in [0, 0.1) is 0 Å². The summed E-state index contributed by atoms with van der Waals surface area (Å²) in [6.07, 6.45) is 0. The van der Waals surface area contributed by atoms with Gasteiger partial charge in [0.2, 0.25) is 0 Å². The molecule has 0 radical (unpaired) electrons. The highest BCUT2D eigenvalue weighted by molar-refractivity contribution is 7.92. The Labute approximate surface area is 122 Å². The topological polar surface area (TPSA) is 127 Å². The molecule has 7 nitrogen and oxygen atoms in total. The fraction of sp³-hybridized carbons (Fsp3) is 0. The quantitative estimate of drug-likeness (QED) is 0.574. The van der Waals surface area contributed by atoms with Crippen molar-refractivity contribution < 1.29 is 21.4 Å². The first-order valence-corrected chi connectivity index (χ1v) is 8.57. The molecule has 112 valence electrons. The van der Waals surface area contributed by atoms with Crippen LogP contribution in [0.1, 0.15) is 0 Å². The molecule has 9 heteroatoms. The molecule has 0 heterocycles. The van der Waals surface area contributed by atoms with Gasteiger partial charge in [0.15, 0.2) is 0 Å². The summed E-state index contributed by atoms with van der Waals surface area (Å²) in [5, 5.41) is 0. The van der Waals surface area contributed by atoms with Crippen molar-refractivity contribution in [1.82, 2.24) is 0 Å². The van der Waals surface area contributed by atoms with E-state index in [2.05, 4.69) is 4.72 Å². The second kappa shape index (κ2) is 5.35. The van der Waals surface area contributed by atoms with Gasteiger partial charge in [-0.3, -0.25) is 9.27 Å². The first-order chi connectivity index (χ1) is 9.68. The van der Waals surface area contributed by atoms with E-state index in [0.29, 0.717) is 5.69 Å². The van der Waals surface area contributed by atoms with E-state index in [1.807, 2.05) is 0 Å². The lowest BCUT2D eigenvalue weighted by Crippen LogP contribution is -2.13. The largest absolute Gasteiger partial charge is 0.399 e. The first kappa shape index (κ1) is 15.3. The summed E-state index contributed by atoms with van der Waals surface area (Å²) >= 11 is 0. The standard InChI is InChI=1S/C12H12N2O5S2/c13-9-2-1-3-12(8-9)20(15,16)14-10-4-6-11(7-5-10)21(17,18)19/h1-8,14H,13H2,(H,17,18,19). The van der Waals surface area contributed by atoms with Gasteiger partial charge in [-0.15, -0.1) is 0 Å². The number of rotatable bonds is 4. The number of nitrogens with one attached hydrogen (secondary N) is 1. The predicted molar refractivity (Wildman–Crippen MR) is 77.9 cm³/mol. The molecule has 4 N–H and O–H groups in total. The van der Waals surface area contributed by atoms with E-state index in [4.69, 9.17) is 10.3 Å². The maximum atomic E-state index is 12.1. The Morgan fingerprint density at radius 1 is 0.905 bits per heavy atom. The van der Waals surface area contributed by atoms with Crippen LogP contribution in [0.3, 0.4) is 0 Å². The lowest BCUT2D eigenvalue weighted by Gasteiger charge is -2.09. The molecule has 0 aromatic heterocycles. The highest BCUT2D eigenvalue weighted by Gasteiger charge is 2.15. The first-order valence-electron chi connectivity index (χ1n) is 5.64. The molecule has 2 aromatic rings. The Bertz CT molecular complexity index is 859. The Kier molecular flexibility index (Phi) is 3.90. The van der Waals surface area contributed by atoms with Gasteiger partial charge in [0.05, 0.1) is 9.79 Å². The molecule has 0 aliphatic carbocycles. The van der Waals surface area contributed by atoms with Crippen LogP contribution >= 0.6 is 0 Å². The predicted octanol–water partition coefficient (Wildman–Crippen LogP) is 1.32. The summed E-state index contributed by atoms with van der Waals surface area (Å²) in [6.45, 7) is 0. The molecule has 0 spiro atoms. The minimum absolute atomic E-state index is 0.0126. The maximum absolute atomic E-state index is 12.1. The molecule has 0 fully saturated rings. The maximum Gasteiger partial charge on any atom is 0.294 e. The zero-order valence-corrected chi connectivity index (χ0v) is 12.2. The van der Waals surface area contributed by atoms with Crippen molar-refractivity contribution >= 4 is 31.5 Å². The number of nitrogens with two attached hydrogens (primary N) is 1. The van der Waals surface area contributed by atoms with Crippen LogP contribution in [0.4, 0.5) is 11.4 Å². The molecule has 0 bridgehead atoms. The second-order valence-electron chi connectivity index (χ2n) is 4.18. The van der Waals surface area contributed by atoms with Crippen molar-refractivity contribution in [3.63, 3.8) is 0 Å². The van der Waals surface area contributed by atoms with Crippen LogP contribution in [0.25, 0.3) is 0 Å². The van der Waals surface area contributed by atoms with Gasteiger partial charge in [-0.05, 0) is 42.5 Å². The molecular formula is C12H12N2O5S2. The Balaban J connectivity index is 2.29. The molecule has 0 saturated carbocycles. The number of sulfonamides is 1. The van der Waals surface area contributed by atoms with Gasteiger partial charge < -0.3 is 5.73 Å². The summed E-state index contributed by atoms with van der Waals surface area (Å²) < 4.78 is 57.1. The van der Waals surface area contributed by atoms with Crippen molar-refractivity contribution in [2.75, 3.05) is 10.5 Å². The summed E-state index contributed by atoms with van der Waals surface area (Å²) in [4.78, 5) is -0.337. The van der Waals surface area contributed by atoms with Crippen LogP contribution in [0.5, 0.6) is 0 Å². The van der Waals surface area contributed by atoms with Crippen LogP contribution in [0.15, 0.2) is 58.3 Å². The van der Waals surface area contributed by atoms with Crippen molar-refractivity contribution in [3.05, 3.63) is 48.5 Å². The highest BCUT2D eigenvalue weighted by atomic mass is 32.2. The summed E-state index contributed by atoms with van der Waals surface area (Å²) in [5.74, 6) is 0. The third kappa shape index (κ3) is 3.72. The smallest absolute Gasteiger partial charge is 0.294 e. The van der Waals surface area contributed by atoms with Crippen LogP contribution in [-0.4, -0.2) is 21.4 Å². The summed E-state index contributed by atoms with van der Waals surface area (Å²) in [6, 6.07) is 10.4. The fourth-order valence-corrected chi connectivity index (χ4v) is 3.18. The van der Waals surface area contributed by atoms with Crippen LogP contribution in [0.2, 0.25) is 0 Å². The molecule has 21 heavy (non-hydrogen) atoms. The average molecular weight is 328 g/mol. The number of anilines is 2. The van der Waals surface area contributed by atoms with Crippen LogP contribution in [-0.2, 0) is 20.1 Å². The van der Waals surface area contributed by atoms with E-state index >= 15 is 0 Å².